The molecule has 1 aromatic rings. The van der Waals surface area contributed by atoms with Crippen LogP contribution in [0.25, 0.3) is 0 Å². The number of carbonyl (C=O) groups excluding carboxylic acids is 1. The van der Waals surface area contributed by atoms with E-state index in [0.717, 1.165) is 31.8 Å². The van der Waals surface area contributed by atoms with E-state index >= 15 is 0 Å². The Bertz CT molecular complexity index is 867. The molecule has 2 aliphatic rings. The fraction of sp³-hybridized carbons (Fsp3) is 0.682. The molecule has 1 atom stereocenters. The van der Waals surface area contributed by atoms with Crippen LogP contribution in [0.3, 0.4) is 0 Å². The highest BCUT2D eigenvalue weighted by Gasteiger charge is 2.28. The Kier molecular flexibility index (Phi) is 8.18. The van der Waals surface area contributed by atoms with Crippen molar-refractivity contribution >= 4 is 21.6 Å². The molecule has 1 aromatic carbocycles. The normalized spacial score (nSPS) is 21.0. The van der Waals surface area contributed by atoms with E-state index < -0.39 is 10.0 Å². The van der Waals surface area contributed by atoms with Crippen molar-refractivity contribution in [3.8, 4) is 5.75 Å². The lowest BCUT2D eigenvalue weighted by Crippen LogP contribution is -2.42. The predicted octanol–water partition coefficient (Wildman–Crippen LogP) is 2.35. The van der Waals surface area contributed by atoms with Crippen LogP contribution in [0.15, 0.2) is 17.0 Å². The molecule has 1 unspecified atom stereocenters. The van der Waals surface area contributed by atoms with Crippen molar-refractivity contribution in [3.63, 3.8) is 0 Å². The van der Waals surface area contributed by atoms with Gasteiger partial charge >= 0.3 is 0 Å². The van der Waals surface area contributed by atoms with Gasteiger partial charge in [0.25, 0.3) is 5.91 Å². The maximum absolute atomic E-state index is 12.9. The van der Waals surface area contributed by atoms with Gasteiger partial charge in [-0.3, -0.25) is 9.69 Å². The van der Waals surface area contributed by atoms with E-state index in [9.17, 15) is 13.2 Å². The van der Waals surface area contributed by atoms with Crippen LogP contribution in [0, 0.1) is 5.92 Å². The number of nitrogen functional groups attached to an aromatic ring is 1. The Labute approximate surface area is 185 Å². The minimum atomic E-state index is -3.79. The summed E-state index contributed by atoms with van der Waals surface area (Å²) in [5.74, 6) is 0.655. The molecule has 8 nitrogen and oxygen atoms in total. The summed E-state index contributed by atoms with van der Waals surface area (Å²) in [5, 5.41) is 2.99. The summed E-state index contributed by atoms with van der Waals surface area (Å²) in [5.41, 5.74) is 6.08. The molecule has 31 heavy (non-hydrogen) atoms. The van der Waals surface area contributed by atoms with Crippen LogP contribution in [0.5, 0.6) is 5.75 Å². The van der Waals surface area contributed by atoms with Crippen LogP contribution >= 0.6 is 0 Å². The zero-order chi connectivity index (χ0) is 22.4. The topological polar surface area (TPSA) is 114 Å². The first-order valence-corrected chi connectivity index (χ1v) is 12.8. The van der Waals surface area contributed by atoms with E-state index in [0.29, 0.717) is 12.6 Å². The van der Waals surface area contributed by atoms with Gasteiger partial charge in [0.1, 0.15) is 10.6 Å². The molecule has 0 spiro atoms. The smallest absolute Gasteiger partial charge is 0.255 e. The quantitative estimate of drug-likeness (QED) is 0.412. The second-order valence-electron chi connectivity index (χ2n) is 8.66. The van der Waals surface area contributed by atoms with E-state index in [2.05, 4.69) is 14.9 Å². The van der Waals surface area contributed by atoms with Crippen molar-refractivity contribution in [2.24, 2.45) is 5.92 Å². The fourth-order valence-electron chi connectivity index (χ4n) is 4.82. The first kappa shape index (κ1) is 23.8. The summed E-state index contributed by atoms with van der Waals surface area (Å²) in [6.45, 7) is 2.72. The first-order chi connectivity index (χ1) is 14.9. The van der Waals surface area contributed by atoms with E-state index in [1.165, 1.54) is 64.8 Å². The molecule has 1 heterocycles. The number of benzene rings is 1. The second-order valence-corrected chi connectivity index (χ2v) is 10.5. The van der Waals surface area contributed by atoms with Crippen LogP contribution in [0.2, 0.25) is 0 Å². The number of ether oxygens (including phenoxy) is 1. The van der Waals surface area contributed by atoms with Crippen molar-refractivity contribution in [3.05, 3.63) is 17.7 Å². The number of likely N-dealkylation sites (tertiary alicyclic amines) is 1. The van der Waals surface area contributed by atoms with Gasteiger partial charge in [-0.2, -0.15) is 0 Å². The van der Waals surface area contributed by atoms with Crippen LogP contribution in [0.1, 0.15) is 61.7 Å². The summed E-state index contributed by atoms with van der Waals surface area (Å²) < 4.78 is 32.0. The van der Waals surface area contributed by atoms with Crippen molar-refractivity contribution in [2.45, 2.75) is 62.3 Å². The Balaban J connectivity index is 1.67. The average Bonchev–Trinajstić information content (AvgIpc) is 3.03. The lowest BCUT2D eigenvalue weighted by atomic mass is 9.99. The lowest BCUT2D eigenvalue weighted by molar-refractivity contribution is 0.0934. The number of anilines is 1. The van der Waals surface area contributed by atoms with Gasteiger partial charge < -0.3 is 15.8 Å². The largest absolute Gasteiger partial charge is 0.496 e. The van der Waals surface area contributed by atoms with Gasteiger partial charge in [-0.05, 0) is 51.3 Å². The molecular formula is C22H36N4O4S. The first-order valence-electron chi connectivity index (χ1n) is 11.3. The van der Waals surface area contributed by atoms with Gasteiger partial charge in [0.15, 0.2) is 0 Å². The van der Waals surface area contributed by atoms with Crippen molar-refractivity contribution in [2.75, 3.05) is 39.5 Å². The molecule has 1 aliphatic heterocycles. The number of sulfonamides is 1. The molecule has 2 fully saturated rings. The molecule has 1 saturated heterocycles. The molecule has 1 aliphatic carbocycles. The lowest BCUT2D eigenvalue weighted by Gasteiger charge is -2.28. The van der Waals surface area contributed by atoms with Gasteiger partial charge in [-0.1, -0.05) is 25.7 Å². The summed E-state index contributed by atoms with van der Waals surface area (Å²) in [6, 6.07) is 2.98. The molecule has 0 aromatic heterocycles. The highest BCUT2D eigenvalue weighted by atomic mass is 32.2. The number of nitrogens with two attached hydrogens (primary N) is 1. The highest BCUT2D eigenvalue weighted by Crippen LogP contribution is 2.29. The fourth-order valence-corrected chi connectivity index (χ4v) is 5.68. The van der Waals surface area contributed by atoms with Gasteiger partial charge in [0.2, 0.25) is 10.0 Å². The van der Waals surface area contributed by atoms with Gasteiger partial charge in [0.05, 0.1) is 18.4 Å². The molecule has 1 amide bonds. The number of nitrogens with one attached hydrogen (secondary N) is 2. The molecule has 174 valence electrons. The minimum Gasteiger partial charge on any atom is -0.496 e. The molecule has 0 bridgehead atoms. The number of amides is 1. The zero-order valence-corrected chi connectivity index (χ0v) is 19.5. The van der Waals surface area contributed by atoms with Crippen LogP contribution in [-0.4, -0.2) is 59.1 Å². The summed E-state index contributed by atoms with van der Waals surface area (Å²) in [4.78, 5) is 15.3. The van der Waals surface area contributed by atoms with E-state index in [1.54, 1.807) is 0 Å². The van der Waals surface area contributed by atoms with Crippen LogP contribution in [-0.2, 0) is 10.0 Å². The molecule has 4 N–H and O–H groups in total. The number of methoxy groups -OCH3 is 1. The molecule has 0 radical (unpaired) electrons. The standard InChI is InChI=1S/C22H36N4O4S/c1-24-31(28,29)21-12-18(20(30-2)13-19(21)23)22(27)25-14-17-10-7-11-26(17)15-16-8-5-3-4-6-9-16/h12-13,16-17,24H,3-11,14-15,23H2,1-2H3,(H,25,27). The van der Waals surface area contributed by atoms with Crippen LogP contribution in [0.4, 0.5) is 5.69 Å². The highest BCUT2D eigenvalue weighted by molar-refractivity contribution is 7.89. The Morgan fingerprint density at radius 3 is 2.52 bits per heavy atom. The number of hydrogen-bond donors (Lipinski definition) is 3. The zero-order valence-electron chi connectivity index (χ0n) is 18.7. The average molecular weight is 453 g/mol. The summed E-state index contributed by atoms with van der Waals surface area (Å²) in [6.07, 6.45) is 10.2. The molecular weight excluding hydrogens is 416 g/mol. The van der Waals surface area contributed by atoms with Crippen molar-refractivity contribution in [1.29, 1.82) is 0 Å². The van der Waals surface area contributed by atoms with E-state index in [-0.39, 0.29) is 27.8 Å². The number of carbonyl (C=O) groups is 1. The summed E-state index contributed by atoms with van der Waals surface area (Å²) >= 11 is 0. The third-order valence-electron chi connectivity index (χ3n) is 6.60. The molecule has 3 rings (SSSR count). The SMILES string of the molecule is CNS(=O)(=O)c1cc(C(=O)NCC2CCCN2CC2CCCCCC2)c(OC)cc1N. The van der Waals surface area contributed by atoms with Gasteiger partial charge in [-0.15, -0.1) is 0 Å². The third-order valence-corrected chi connectivity index (χ3v) is 8.07. The summed E-state index contributed by atoms with van der Waals surface area (Å²) in [7, 11) is -1.05. The van der Waals surface area contributed by atoms with Gasteiger partial charge in [0, 0.05) is 25.2 Å². The Hall–Kier alpha value is -1.84. The van der Waals surface area contributed by atoms with Crippen molar-refractivity contribution in [1.82, 2.24) is 14.9 Å². The van der Waals surface area contributed by atoms with Crippen molar-refractivity contribution < 1.29 is 17.9 Å². The maximum atomic E-state index is 12.9. The minimum absolute atomic E-state index is 0.0353. The number of rotatable bonds is 8. The molecule has 9 heteroatoms. The predicted molar refractivity (Wildman–Crippen MR) is 122 cm³/mol. The number of hydrogen-bond acceptors (Lipinski definition) is 6. The third kappa shape index (κ3) is 5.90. The van der Waals surface area contributed by atoms with Crippen LogP contribution < -0.4 is 20.5 Å². The maximum Gasteiger partial charge on any atom is 0.255 e. The Morgan fingerprint density at radius 1 is 1.16 bits per heavy atom. The van der Waals surface area contributed by atoms with E-state index in [1.807, 2.05) is 0 Å². The van der Waals surface area contributed by atoms with E-state index in [4.69, 9.17) is 10.5 Å². The second kappa shape index (κ2) is 10.7. The molecule has 1 saturated carbocycles. The van der Waals surface area contributed by atoms with Gasteiger partial charge in [-0.25, -0.2) is 13.1 Å². The Morgan fingerprint density at radius 2 is 1.87 bits per heavy atom. The monoisotopic (exact) mass is 452 g/mol. The number of nitrogens with zero attached hydrogens (tertiary/aromatic N) is 1.